The van der Waals surface area contributed by atoms with Crippen LogP contribution in [-0.2, 0) is 14.3 Å². The van der Waals surface area contributed by atoms with E-state index in [0.717, 1.165) is 5.56 Å². The predicted octanol–water partition coefficient (Wildman–Crippen LogP) is 1.10. The molecule has 20 heavy (non-hydrogen) atoms. The van der Waals surface area contributed by atoms with Crippen molar-refractivity contribution in [3.63, 3.8) is 0 Å². The molecule has 2 amide bonds. The smallest absolute Gasteiger partial charge is 0.306 e. The molecule has 0 fully saturated rings. The Morgan fingerprint density at radius 1 is 1.15 bits per heavy atom. The topological polar surface area (TPSA) is 84.5 Å². The van der Waals surface area contributed by atoms with Gasteiger partial charge in [-0.3, -0.25) is 25.2 Å². The lowest BCUT2D eigenvalue weighted by molar-refractivity contribution is -0.144. The van der Waals surface area contributed by atoms with E-state index in [0.29, 0.717) is 5.56 Å². The quantitative estimate of drug-likeness (QED) is 0.624. The Bertz CT molecular complexity index is 500. The van der Waals surface area contributed by atoms with Crippen molar-refractivity contribution >= 4 is 17.8 Å². The van der Waals surface area contributed by atoms with Crippen molar-refractivity contribution in [3.8, 4) is 0 Å². The molecule has 0 heterocycles. The highest BCUT2D eigenvalue weighted by molar-refractivity contribution is 5.95. The third-order valence-electron chi connectivity index (χ3n) is 2.46. The van der Waals surface area contributed by atoms with E-state index in [-0.39, 0.29) is 19.4 Å². The van der Waals surface area contributed by atoms with Crippen molar-refractivity contribution in [1.29, 1.82) is 0 Å². The maximum atomic E-state index is 11.7. The number of rotatable bonds is 5. The molecule has 0 aliphatic heterocycles. The normalized spacial score (nSPS) is 9.70. The number of nitrogens with one attached hydrogen (secondary N) is 2. The minimum Gasteiger partial charge on any atom is -0.466 e. The van der Waals surface area contributed by atoms with Gasteiger partial charge in [0.05, 0.1) is 13.0 Å². The van der Waals surface area contributed by atoms with Crippen molar-refractivity contribution in [2.75, 3.05) is 6.61 Å². The largest absolute Gasteiger partial charge is 0.466 e. The van der Waals surface area contributed by atoms with Gasteiger partial charge in [0.1, 0.15) is 0 Å². The molecule has 6 heteroatoms. The minimum absolute atomic E-state index is 0.0139. The van der Waals surface area contributed by atoms with Crippen LogP contribution in [0.2, 0.25) is 0 Å². The van der Waals surface area contributed by atoms with E-state index >= 15 is 0 Å². The fraction of sp³-hybridized carbons (Fsp3) is 0.357. The highest BCUT2D eigenvalue weighted by Crippen LogP contribution is 2.03. The molecule has 0 bridgehead atoms. The number of aryl methyl sites for hydroxylation is 1. The molecule has 0 atom stereocenters. The van der Waals surface area contributed by atoms with Crippen molar-refractivity contribution in [2.45, 2.75) is 26.7 Å². The van der Waals surface area contributed by atoms with Gasteiger partial charge < -0.3 is 4.74 Å². The second-order valence-electron chi connectivity index (χ2n) is 4.18. The molecule has 0 saturated carbocycles. The number of carbonyl (C=O) groups excluding carboxylic acids is 3. The number of hydrazine groups is 1. The number of carbonyl (C=O) groups is 3. The van der Waals surface area contributed by atoms with Gasteiger partial charge in [-0.1, -0.05) is 17.7 Å². The lowest BCUT2D eigenvalue weighted by Gasteiger charge is -2.07. The number of esters is 1. The fourth-order valence-corrected chi connectivity index (χ4v) is 1.50. The monoisotopic (exact) mass is 278 g/mol. The second kappa shape index (κ2) is 7.93. The zero-order valence-electron chi connectivity index (χ0n) is 11.6. The Hall–Kier alpha value is -2.37. The van der Waals surface area contributed by atoms with Crippen molar-refractivity contribution in [3.05, 3.63) is 35.4 Å². The molecule has 2 N–H and O–H groups in total. The van der Waals surface area contributed by atoms with Crippen molar-refractivity contribution < 1.29 is 19.1 Å². The van der Waals surface area contributed by atoms with E-state index in [1.165, 1.54) is 0 Å². The zero-order chi connectivity index (χ0) is 15.0. The fourth-order valence-electron chi connectivity index (χ4n) is 1.50. The third-order valence-corrected chi connectivity index (χ3v) is 2.46. The molecule has 0 aromatic heterocycles. The summed E-state index contributed by atoms with van der Waals surface area (Å²) in [5, 5.41) is 0. The molecule has 0 aliphatic rings. The first kappa shape index (κ1) is 15.7. The average Bonchev–Trinajstić information content (AvgIpc) is 2.43. The first-order valence-corrected chi connectivity index (χ1v) is 6.34. The summed E-state index contributed by atoms with van der Waals surface area (Å²) < 4.78 is 4.69. The van der Waals surface area contributed by atoms with Crippen LogP contribution in [-0.4, -0.2) is 24.4 Å². The molecular formula is C14H18N2O4. The maximum Gasteiger partial charge on any atom is 0.306 e. The first-order valence-electron chi connectivity index (χ1n) is 6.34. The number of hydrogen-bond acceptors (Lipinski definition) is 4. The summed E-state index contributed by atoms with van der Waals surface area (Å²) in [6, 6.07) is 6.98. The lowest BCUT2D eigenvalue weighted by Crippen LogP contribution is -2.41. The van der Waals surface area contributed by atoms with Gasteiger partial charge in [-0.25, -0.2) is 0 Å². The molecule has 0 spiro atoms. The average molecular weight is 278 g/mol. The summed E-state index contributed by atoms with van der Waals surface area (Å²) >= 11 is 0. The molecule has 1 rings (SSSR count). The molecule has 0 aliphatic carbocycles. The van der Waals surface area contributed by atoms with E-state index in [2.05, 4.69) is 10.9 Å². The van der Waals surface area contributed by atoms with Crippen LogP contribution in [0.5, 0.6) is 0 Å². The SMILES string of the molecule is CCOC(=O)CCC(=O)NNC(=O)c1cccc(C)c1. The lowest BCUT2D eigenvalue weighted by atomic mass is 10.1. The first-order chi connectivity index (χ1) is 9.52. The van der Waals surface area contributed by atoms with Crippen molar-refractivity contribution in [2.24, 2.45) is 0 Å². The number of hydrogen-bond donors (Lipinski definition) is 2. The van der Waals surface area contributed by atoms with E-state index in [4.69, 9.17) is 4.74 Å². The minimum atomic E-state index is -0.445. The summed E-state index contributed by atoms with van der Waals surface area (Å²) in [7, 11) is 0. The molecular weight excluding hydrogens is 260 g/mol. The summed E-state index contributed by atoms with van der Waals surface area (Å²) in [6.45, 7) is 3.85. The Kier molecular flexibility index (Phi) is 6.22. The highest BCUT2D eigenvalue weighted by Gasteiger charge is 2.09. The van der Waals surface area contributed by atoms with E-state index in [1.54, 1.807) is 25.1 Å². The van der Waals surface area contributed by atoms with Crippen LogP contribution in [0.4, 0.5) is 0 Å². The second-order valence-corrected chi connectivity index (χ2v) is 4.18. The molecule has 0 unspecified atom stereocenters. The molecule has 108 valence electrons. The zero-order valence-corrected chi connectivity index (χ0v) is 11.6. The molecule has 6 nitrogen and oxygen atoms in total. The summed E-state index contributed by atoms with van der Waals surface area (Å²) in [5.74, 6) is -1.29. The van der Waals surface area contributed by atoms with Crippen molar-refractivity contribution in [1.82, 2.24) is 10.9 Å². The summed E-state index contributed by atoms with van der Waals surface area (Å²) in [4.78, 5) is 34.2. The number of benzene rings is 1. The van der Waals surface area contributed by atoms with Crippen LogP contribution in [0, 0.1) is 6.92 Å². The van der Waals surface area contributed by atoms with Gasteiger partial charge in [0.15, 0.2) is 0 Å². The number of ether oxygens (including phenoxy) is 1. The molecule has 0 radical (unpaired) electrons. The van der Waals surface area contributed by atoms with E-state index in [9.17, 15) is 14.4 Å². The van der Waals surface area contributed by atoms with Crippen LogP contribution >= 0.6 is 0 Å². The molecule has 1 aromatic carbocycles. The predicted molar refractivity (Wildman–Crippen MR) is 72.7 cm³/mol. The van der Waals surface area contributed by atoms with Gasteiger partial charge in [-0.2, -0.15) is 0 Å². The summed E-state index contributed by atoms with van der Waals surface area (Å²) in [5.41, 5.74) is 5.95. The van der Waals surface area contributed by atoms with Gasteiger partial charge in [-0.15, -0.1) is 0 Å². The third kappa shape index (κ3) is 5.51. The van der Waals surface area contributed by atoms with Crippen LogP contribution in [0.25, 0.3) is 0 Å². The Balaban J connectivity index is 2.34. The Morgan fingerprint density at radius 3 is 2.55 bits per heavy atom. The van der Waals surface area contributed by atoms with Crippen LogP contribution in [0.3, 0.4) is 0 Å². The standard InChI is InChI=1S/C14H18N2O4/c1-3-20-13(18)8-7-12(17)15-16-14(19)11-6-4-5-10(2)9-11/h4-6,9H,3,7-8H2,1-2H3,(H,15,17)(H,16,19). The Labute approximate surface area is 117 Å². The van der Waals surface area contributed by atoms with Gasteiger partial charge in [0.25, 0.3) is 5.91 Å². The maximum absolute atomic E-state index is 11.7. The van der Waals surface area contributed by atoms with E-state index in [1.807, 2.05) is 13.0 Å². The van der Waals surface area contributed by atoms with Crippen LogP contribution < -0.4 is 10.9 Å². The van der Waals surface area contributed by atoms with Gasteiger partial charge >= 0.3 is 5.97 Å². The van der Waals surface area contributed by atoms with Gasteiger partial charge in [0, 0.05) is 12.0 Å². The van der Waals surface area contributed by atoms with Crippen LogP contribution in [0.1, 0.15) is 35.7 Å². The number of amides is 2. The Morgan fingerprint density at radius 2 is 1.90 bits per heavy atom. The van der Waals surface area contributed by atoms with E-state index < -0.39 is 17.8 Å². The molecule has 0 saturated heterocycles. The highest BCUT2D eigenvalue weighted by atomic mass is 16.5. The van der Waals surface area contributed by atoms with Crippen LogP contribution in [0.15, 0.2) is 24.3 Å². The van der Waals surface area contributed by atoms with Gasteiger partial charge in [0.2, 0.25) is 5.91 Å². The van der Waals surface area contributed by atoms with Gasteiger partial charge in [-0.05, 0) is 26.0 Å². The summed E-state index contributed by atoms with van der Waals surface area (Å²) in [6.07, 6.45) is -0.0487. The molecule has 1 aromatic rings.